The van der Waals surface area contributed by atoms with Crippen LogP contribution >= 0.6 is 203 Å². The number of halogens is 9. The van der Waals surface area contributed by atoms with Crippen molar-refractivity contribution in [3.63, 3.8) is 0 Å². The lowest BCUT2D eigenvalue weighted by molar-refractivity contribution is -0.155. The van der Waals surface area contributed by atoms with Crippen molar-refractivity contribution in [3.05, 3.63) is 48.8 Å². The summed E-state index contributed by atoms with van der Waals surface area (Å²) >= 11 is 16.6. The van der Waals surface area contributed by atoms with Crippen LogP contribution in [0, 0.1) is 32.1 Å². The topological polar surface area (TPSA) is 399 Å². The first kappa shape index (κ1) is 78.7. The largest absolute Gasteiger partial charge is 0.462 e. The van der Waals surface area contributed by atoms with Gasteiger partial charge in [0.05, 0.1) is 85.5 Å². The third kappa shape index (κ3) is 23.3. The molecule has 0 bridgehead atoms. The normalized spacial score (nSPS) is 11.7. The number of carbonyl (C=O) groups excluding carboxylic acids is 12. The molecule has 0 aliphatic carbocycles. The van der Waals surface area contributed by atoms with Crippen molar-refractivity contribution in [2.24, 2.45) is 0 Å². The number of nitrogens with zero attached hydrogens (tertiary/aromatic N) is 3. The van der Waals surface area contributed by atoms with Crippen LogP contribution in [0.4, 0.5) is 17.1 Å². The van der Waals surface area contributed by atoms with Gasteiger partial charge in [-0.25, -0.2) is 0 Å². The molecule has 0 saturated carbocycles. The summed E-state index contributed by atoms with van der Waals surface area (Å²) < 4.78 is 51.9. The number of aromatic nitrogens is 3. The van der Waals surface area contributed by atoms with E-state index in [0.717, 1.165) is 41.5 Å². The van der Waals surface area contributed by atoms with Gasteiger partial charge < -0.3 is 74.5 Å². The highest BCUT2D eigenvalue weighted by atomic mass is 127. The zero-order chi connectivity index (χ0) is 67.8. The molecule has 39 heteroatoms. The number of benzene rings is 3. The fourth-order valence-corrected chi connectivity index (χ4v) is 19.4. The highest BCUT2D eigenvalue weighted by molar-refractivity contribution is 14.1. The fourth-order valence-electron chi connectivity index (χ4n) is 7.00. The molecule has 3 atom stereocenters. The van der Waals surface area contributed by atoms with Crippen molar-refractivity contribution < 1.29 is 100 Å². The van der Waals surface area contributed by atoms with E-state index in [4.69, 9.17) is 42.6 Å². The summed E-state index contributed by atoms with van der Waals surface area (Å²) in [6, 6.07) is -1.91. The monoisotopic (exact) mass is 2260 g/mol. The summed E-state index contributed by atoms with van der Waals surface area (Å²) in [6.07, 6.45) is -3.38. The minimum Gasteiger partial charge on any atom is -0.462 e. The minimum absolute atomic E-state index is 0.0810. The number of carbonyl (C=O) groups is 12. The molecular weight excluding hydrogens is 2220 g/mol. The Kier molecular flexibility index (Phi) is 32.2. The Bertz CT molecular complexity index is 3210. The molecule has 0 aliphatic heterocycles. The zero-order valence-electron chi connectivity index (χ0n) is 47.8. The van der Waals surface area contributed by atoms with Crippen LogP contribution in [0.1, 0.15) is 93.4 Å². The third-order valence-corrected chi connectivity index (χ3v) is 19.9. The molecule has 4 aromatic rings. The highest BCUT2D eigenvalue weighted by Crippen LogP contribution is 2.46. The number of hydrogen-bond acceptors (Lipinski definition) is 24. The molecule has 486 valence electrons. The average Bonchev–Trinajstić information content (AvgIpc) is 0.806. The lowest BCUT2D eigenvalue weighted by Gasteiger charge is -2.22. The van der Waals surface area contributed by atoms with Crippen LogP contribution in [0.15, 0.2) is 0 Å². The summed E-state index contributed by atoms with van der Waals surface area (Å²) in [6.45, 7) is 8.19. The van der Waals surface area contributed by atoms with Gasteiger partial charge in [-0.1, -0.05) is 0 Å². The molecule has 3 unspecified atom stereocenters. The van der Waals surface area contributed by atoms with E-state index in [2.05, 4.69) is 46.9 Å². The summed E-state index contributed by atoms with van der Waals surface area (Å²) in [4.78, 5) is 166. The molecule has 0 fully saturated rings. The number of amides is 6. The molecule has 0 saturated heterocycles. The highest BCUT2D eigenvalue weighted by Gasteiger charge is 2.33. The van der Waals surface area contributed by atoms with Gasteiger partial charge in [0, 0.05) is 62.3 Å². The molecule has 0 aliphatic rings. The number of hydrogen-bond donors (Lipinski definition) is 6. The summed E-state index contributed by atoms with van der Waals surface area (Å²) in [7, 11) is 0. The smallest absolute Gasteiger partial charge is 0.331 e. The van der Waals surface area contributed by atoms with E-state index in [1.54, 1.807) is 0 Å². The molecule has 1 heterocycles. The van der Waals surface area contributed by atoms with Gasteiger partial charge in [-0.2, -0.15) is 0 Å². The van der Waals surface area contributed by atoms with E-state index < -0.39 is 127 Å². The van der Waals surface area contributed by atoms with Crippen LogP contribution in [-0.2, 0) is 71.6 Å². The van der Waals surface area contributed by atoms with Crippen LogP contribution < -0.4 is 46.1 Å². The Hall–Kier alpha value is -3.72. The van der Waals surface area contributed by atoms with Gasteiger partial charge in [0.1, 0.15) is 19.8 Å². The van der Waals surface area contributed by atoms with E-state index in [9.17, 15) is 57.5 Å². The molecule has 1 aromatic heterocycles. The molecule has 3 aromatic carbocycles. The zero-order valence-corrected chi connectivity index (χ0v) is 67.2. The van der Waals surface area contributed by atoms with Gasteiger partial charge in [0.25, 0.3) is 17.7 Å². The Morgan fingerprint density at radius 3 is 0.744 bits per heavy atom. The predicted octanol–water partition coefficient (Wildman–Crippen LogP) is 8.24. The van der Waals surface area contributed by atoms with E-state index in [1.165, 1.54) is 20.8 Å². The summed E-state index contributed by atoms with van der Waals surface area (Å²) in [5.41, 5.74) is -0.00395. The predicted molar refractivity (Wildman–Crippen MR) is 390 cm³/mol. The van der Waals surface area contributed by atoms with Gasteiger partial charge in [-0.05, 0) is 203 Å². The number of rotatable bonds is 27. The Morgan fingerprint density at radius 1 is 0.333 bits per heavy atom. The minimum atomic E-state index is -1.13. The first-order chi connectivity index (χ1) is 42.0. The van der Waals surface area contributed by atoms with Gasteiger partial charge in [0.2, 0.25) is 17.7 Å². The maximum absolute atomic E-state index is 14.3. The second-order valence-corrected chi connectivity index (χ2v) is 27.5. The molecular formula is C51H48I9N9O21. The van der Waals surface area contributed by atoms with Crippen molar-refractivity contribution >= 4 is 292 Å². The lowest BCUT2D eigenvalue weighted by Crippen LogP contribution is -2.38. The van der Waals surface area contributed by atoms with E-state index in [1.807, 2.05) is 203 Å². The van der Waals surface area contributed by atoms with Crippen LogP contribution in [0.2, 0.25) is 0 Å². The molecule has 6 amide bonds. The molecule has 0 spiro atoms. The number of ether oxygens (including phenoxy) is 9. The average molecular weight is 2270 g/mol. The number of anilines is 3. The van der Waals surface area contributed by atoms with Gasteiger partial charge in [-0.15, -0.1) is 15.0 Å². The second-order valence-electron chi connectivity index (χ2n) is 17.8. The van der Waals surface area contributed by atoms with E-state index in [-0.39, 0.29) is 103 Å². The van der Waals surface area contributed by atoms with Crippen molar-refractivity contribution in [3.8, 4) is 35.3 Å². The SMILES string of the molecule is CC(=O)Nc1c(I)c(Oc2nc(Oc3c(I)c(NC(C)=O)c(I)c(C(=O)NCC(COC(C)=O)OC(C)=O)c3I)nc(Oc3c(I)c(NC(C)=O)c(I)c(C(=O)NCC(COC(C)=O)OC(C)=O)c3I)n2)c(I)c(C(=O)NCC(COC(C)=O)OC(C)=O)c1I. The Labute approximate surface area is 634 Å². The van der Waals surface area contributed by atoms with Crippen molar-refractivity contribution in [2.75, 3.05) is 55.4 Å². The van der Waals surface area contributed by atoms with E-state index >= 15 is 0 Å². The molecule has 30 nitrogen and oxygen atoms in total. The Morgan fingerprint density at radius 2 is 0.556 bits per heavy atom. The maximum Gasteiger partial charge on any atom is 0.331 e. The first-order valence-electron chi connectivity index (χ1n) is 25.0. The van der Waals surface area contributed by atoms with Crippen molar-refractivity contribution in [1.82, 2.24) is 30.9 Å². The second kappa shape index (κ2) is 36.8. The summed E-state index contributed by atoms with van der Waals surface area (Å²) in [5.74, 6) is -8.73. The molecule has 4 rings (SSSR count). The third-order valence-electron chi connectivity index (χ3n) is 10.5. The van der Waals surface area contributed by atoms with Crippen molar-refractivity contribution in [1.29, 1.82) is 0 Å². The molecule has 0 radical (unpaired) electrons. The van der Waals surface area contributed by atoms with Crippen LogP contribution in [0.25, 0.3) is 0 Å². The standard InChI is InChI=1S/C51H48I9N9O21/c1-16(70)64-40-31(52)28(46(79)61-10-25(85-22(7)76)13-82-19(4)73)34(55)43(37(40)58)88-49-67-50(89-44-35(56)29(32(53)41(38(44)59)65-17(2)71)47(80)62-11-26(86-23(8)77)14-83-20(5)74)69-51(68-49)90-45-36(57)30(33(54)42(39(45)60)66-18(3)72)48(81)63-12-27(87-24(9)78)15-84-21(6)75/h25-27H,10-15H2,1-9H3,(H,61,79)(H,62,80)(H,63,81)(H,64,70)(H,65,71)(H,66,72). The quantitative estimate of drug-likeness (QED) is 0.0186. The summed E-state index contributed by atoms with van der Waals surface area (Å²) in [5, 5.41) is 16.1. The van der Waals surface area contributed by atoms with Crippen LogP contribution in [0.3, 0.4) is 0 Å². The molecule has 90 heavy (non-hydrogen) atoms. The fraction of sp³-hybridized carbons (Fsp3) is 0.353. The van der Waals surface area contributed by atoms with Crippen LogP contribution in [0.5, 0.6) is 35.3 Å². The van der Waals surface area contributed by atoms with Gasteiger partial charge in [-0.3, -0.25) is 57.5 Å². The van der Waals surface area contributed by atoms with Crippen molar-refractivity contribution in [2.45, 2.75) is 80.6 Å². The maximum atomic E-state index is 14.3. The molecule has 6 N–H and O–H groups in total. The first-order valence-corrected chi connectivity index (χ1v) is 34.7. The van der Waals surface area contributed by atoms with E-state index in [0.29, 0.717) is 0 Å². The number of esters is 6. The Balaban J connectivity index is 2.08. The van der Waals surface area contributed by atoms with Crippen LogP contribution in [-0.4, -0.2) is 144 Å². The van der Waals surface area contributed by atoms with Gasteiger partial charge in [0.15, 0.2) is 35.6 Å². The van der Waals surface area contributed by atoms with Gasteiger partial charge >= 0.3 is 53.8 Å². The lowest BCUT2D eigenvalue weighted by atomic mass is 10.1. The number of nitrogens with one attached hydrogen (secondary N) is 6.